The van der Waals surface area contributed by atoms with Crippen LogP contribution in [-0.2, 0) is 0 Å². The molecule has 0 amide bonds. The molecule has 0 radical (unpaired) electrons. The molecule has 2 aliphatic heterocycles. The average Bonchev–Trinajstić information content (AvgIpc) is 3.34. The molecule has 0 spiro atoms. The first-order valence-electron chi connectivity index (χ1n) is 9.98. The van der Waals surface area contributed by atoms with Crippen molar-refractivity contribution in [1.82, 2.24) is 5.01 Å². The number of fused-ring (bicyclic) bond motifs is 3. The highest BCUT2D eigenvalue weighted by Gasteiger charge is 2.41. The van der Waals surface area contributed by atoms with Crippen molar-refractivity contribution in [3.05, 3.63) is 87.8 Å². The fourth-order valence-corrected chi connectivity index (χ4v) is 4.24. The molecular formula is C24H23ClN2O2. The molecule has 0 aliphatic carbocycles. The Morgan fingerprint density at radius 3 is 2.55 bits per heavy atom. The summed E-state index contributed by atoms with van der Waals surface area (Å²) in [7, 11) is 0. The van der Waals surface area contributed by atoms with Crippen LogP contribution < -0.4 is 4.74 Å². The molecule has 2 aliphatic rings. The SMILES string of the molecule is Cc1ccc(C2=NN3[C@H](C2)c2cc(Cl)ccc2O[C@H]3c2ccc(C(C)C)cc2)o1. The highest BCUT2D eigenvalue weighted by Crippen LogP contribution is 2.48. The third kappa shape index (κ3) is 3.22. The van der Waals surface area contributed by atoms with E-state index in [-0.39, 0.29) is 12.3 Å². The summed E-state index contributed by atoms with van der Waals surface area (Å²) in [4.78, 5) is 0. The van der Waals surface area contributed by atoms with Crippen molar-refractivity contribution in [1.29, 1.82) is 0 Å². The molecule has 0 unspecified atom stereocenters. The van der Waals surface area contributed by atoms with Crippen LogP contribution in [0.4, 0.5) is 0 Å². The van der Waals surface area contributed by atoms with Gasteiger partial charge in [0, 0.05) is 22.6 Å². The largest absolute Gasteiger partial charge is 0.464 e. The van der Waals surface area contributed by atoms with Crippen molar-refractivity contribution in [2.75, 3.05) is 0 Å². The van der Waals surface area contributed by atoms with Crippen LogP contribution in [0.15, 0.2) is 64.1 Å². The molecule has 0 saturated carbocycles. The number of aryl methyl sites for hydroxylation is 1. The Bertz CT molecular complexity index is 1080. The zero-order chi connectivity index (χ0) is 20.1. The van der Waals surface area contributed by atoms with Crippen LogP contribution in [0.25, 0.3) is 0 Å². The Kier molecular flexibility index (Phi) is 4.39. The van der Waals surface area contributed by atoms with Gasteiger partial charge in [-0.05, 0) is 48.7 Å². The molecule has 29 heavy (non-hydrogen) atoms. The number of nitrogens with zero attached hydrogens (tertiary/aromatic N) is 2. The van der Waals surface area contributed by atoms with Crippen molar-refractivity contribution in [2.24, 2.45) is 5.10 Å². The summed E-state index contributed by atoms with van der Waals surface area (Å²) in [5.41, 5.74) is 4.39. The fraction of sp³-hybridized carbons (Fsp3) is 0.292. The van der Waals surface area contributed by atoms with Crippen LogP contribution >= 0.6 is 11.6 Å². The maximum Gasteiger partial charge on any atom is 0.213 e. The quantitative estimate of drug-likeness (QED) is 0.491. The summed E-state index contributed by atoms with van der Waals surface area (Å²) in [5.74, 6) is 3.05. The monoisotopic (exact) mass is 406 g/mol. The minimum atomic E-state index is -0.288. The first-order chi connectivity index (χ1) is 14.0. The van der Waals surface area contributed by atoms with Gasteiger partial charge in [-0.3, -0.25) is 0 Å². The van der Waals surface area contributed by atoms with Crippen molar-refractivity contribution >= 4 is 17.3 Å². The maximum atomic E-state index is 6.41. The molecule has 3 aromatic rings. The predicted molar refractivity (Wildman–Crippen MR) is 115 cm³/mol. The van der Waals surface area contributed by atoms with Crippen LogP contribution in [0.3, 0.4) is 0 Å². The highest BCUT2D eigenvalue weighted by molar-refractivity contribution is 6.30. The third-order valence-corrected chi connectivity index (χ3v) is 5.90. The summed E-state index contributed by atoms with van der Waals surface area (Å²) in [6, 6.07) is 18.5. The van der Waals surface area contributed by atoms with E-state index in [4.69, 9.17) is 25.9 Å². The van der Waals surface area contributed by atoms with E-state index < -0.39 is 0 Å². The van der Waals surface area contributed by atoms with Gasteiger partial charge in [0.25, 0.3) is 0 Å². The highest BCUT2D eigenvalue weighted by atomic mass is 35.5. The van der Waals surface area contributed by atoms with Gasteiger partial charge in [0.15, 0.2) is 0 Å². The molecule has 0 bridgehead atoms. The lowest BCUT2D eigenvalue weighted by Crippen LogP contribution is -2.33. The average molecular weight is 407 g/mol. The number of hydrazone groups is 1. The van der Waals surface area contributed by atoms with Gasteiger partial charge in [0.1, 0.15) is 23.0 Å². The van der Waals surface area contributed by atoms with Gasteiger partial charge in [-0.25, -0.2) is 5.01 Å². The van der Waals surface area contributed by atoms with Crippen LogP contribution in [0.2, 0.25) is 5.02 Å². The van der Waals surface area contributed by atoms with E-state index in [0.717, 1.165) is 40.5 Å². The standard InChI is InChI=1S/C24H23ClN2O2/c1-14(2)16-5-7-17(8-6-16)24-27-21(19-12-18(25)9-11-22(19)29-24)13-20(26-27)23-10-4-15(3)28-23/h4-12,14,21,24H,13H2,1-3H3/t21-,24+/m1/s1. The van der Waals surface area contributed by atoms with Crippen molar-refractivity contribution in [2.45, 2.75) is 45.4 Å². The number of hydrogen-bond acceptors (Lipinski definition) is 4. The second-order valence-electron chi connectivity index (χ2n) is 8.03. The summed E-state index contributed by atoms with van der Waals surface area (Å²) in [5, 5.41) is 7.68. The Labute approximate surface area is 175 Å². The smallest absolute Gasteiger partial charge is 0.213 e. The van der Waals surface area contributed by atoms with E-state index in [1.165, 1.54) is 5.56 Å². The van der Waals surface area contributed by atoms with Crippen LogP contribution in [-0.4, -0.2) is 10.7 Å². The van der Waals surface area contributed by atoms with Gasteiger partial charge >= 0.3 is 0 Å². The normalized spacial score (nSPS) is 20.3. The van der Waals surface area contributed by atoms with E-state index in [2.05, 4.69) is 43.1 Å². The lowest BCUT2D eigenvalue weighted by Gasteiger charge is -2.38. The molecule has 3 heterocycles. The molecule has 0 fully saturated rings. The second-order valence-corrected chi connectivity index (χ2v) is 8.47. The Balaban J connectivity index is 1.57. The van der Waals surface area contributed by atoms with E-state index in [0.29, 0.717) is 10.9 Å². The Morgan fingerprint density at radius 2 is 1.86 bits per heavy atom. The van der Waals surface area contributed by atoms with E-state index in [1.807, 2.05) is 37.3 Å². The minimum Gasteiger partial charge on any atom is -0.464 e. The van der Waals surface area contributed by atoms with Gasteiger partial charge in [-0.1, -0.05) is 49.7 Å². The molecule has 2 aromatic carbocycles. The number of furan rings is 1. The van der Waals surface area contributed by atoms with Crippen LogP contribution in [0.5, 0.6) is 5.75 Å². The predicted octanol–water partition coefficient (Wildman–Crippen LogP) is 6.61. The second kappa shape index (κ2) is 6.96. The number of ether oxygens (including phenoxy) is 1. The summed E-state index contributed by atoms with van der Waals surface area (Å²) in [6.45, 7) is 6.35. The molecular weight excluding hydrogens is 384 g/mol. The Hall–Kier alpha value is -2.72. The number of benzene rings is 2. The molecule has 5 heteroatoms. The topological polar surface area (TPSA) is 38.0 Å². The van der Waals surface area contributed by atoms with Gasteiger partial charge < -0.3 is 9.15 Å². The number of rotatable bonds is 3. The van der Waals surface area contributed by atoms with Crippen molar-refractivity contribution in [3.63, 3.8) is 0 Å². The molecule has 2 atom stereocenters. The van der Waals surface area contributed by atoms with Crippen molar-refractivity contribution in [3.8, 4) is 5.75 Å². The first-order valence-corrected chi connectivity index (χ1v) is 10.4. The molecule has 148 valence electrons. The maximum absolute atomic E-state index is 6.41. The molecule has 0 N–H and O–H groups in total. The van der Waals surface area contributed by atoms with E-state index in [1.54, 1.807) is 0 Å². The molecule has 0 saturated heterocycles. The lowest BCUT2D eigenvalue weighted by molar-refractivity contribution is -0.0190. The van der Waals surface area contributed by atoms with Crippen molar-refractivity contribution < 1.29 is 9.15 Å². The van der Waals surface area contributed by atoms with Gasteiger partial charge in [-0.15, -0.1) is 0 Å². The number of halogens is 1. The lowest BCUT2D eigenvalue weighted by atomic mass is 9.96. The van der Waals surface area contributed by atoms with E-state index >= 15 is 0 Å². The zero-order valence-electron chi connectivity index (χ0n) is 16.7. The van der Waals surface area contributed by atoms with Gasteiger partial charge in [-0.2, -0.15) is 5.10 Å². The summed E-state index contributed by atoms with van der Waals surface area (Å²) in [6.07, 6.45) is 0.466. The number of hydrogen-bond donors (Lipinski definition) is 0. The first kappa shape index (κ1) is 18.3. The molecule has 5 rings (SSSR count). The zero-order valence-corrected chi connectivity index (χ0v) is 17.5. The van der Waals surface area contributed by atoms with Crippen LogP contribution in [0.1, 0.15) is 66.7 Å². The summed E-state index contributed by atoms with van der Waals surface area (Å²) >= 11 is 6.29. The van der Waals surface area contributed by atoms with E-state index in [9.17, 15) is 0 Å². The minimum absolute atomic E-state index is 0.0626. The summed E-state index contributed by atoms with van der Waals surface area (Å²) < 4.78 is 12.3. The molecule has 4 nitrogen and oxygen atoms in total. The van der Waals surface area contributed by atoms with Crippen LogP contribution in [0, 0.1) is 6.92 Å². The third-order valence-electron chi connectivity index (χ3n) is 5.66. The van der Waals surface area contributed by atoms with Gasteiger partial charge in [0.05, 0.1) is 6.04 Å². The molecule has 1 aromatic heterocycles. The Morgan fingerprint density at radius 1 is 1.07 bits per heavy atom. The van der Waals surface area contributed by atoms with Gasteiger partial charge in [0.2, 0.25) is 6.23 Å². The fourth-order valence-electron chi connectivity index (χ4n) is 4.06.